The van der Waals surface area contributed by atoms with E-state index in [9.17, 15) is 0 Å². The van der Waals surface area contributed by atoms with E-state index in [1.54, 1.807) is 0 Å². The van der Waals surface area contributed by atoms with Crippen molar-refractivity contribution in [2.45, 2.75) is 59.2 Å². The Morgan fingerprint density at radius 1 is 1.29 bits per heavy atom. The van der Waals surface area contributed by atoms with Crippen molar-refractivity contribution in [2.24, 2.45) is 5.41 Å². The molecule has 0 amide bonds. The van der Waals surface area contributed by atoms with Crippen LogP contribution in [0.15, 0.2) is 0 Å². The van der Waals surface area contributed by atoms with Gasteiger partial charge in [0.1, 0.15) is 0 Å². The predicted molar refractivity (Wildman–Crippen MR) is 60.5 cm³/mol. The first kappa shape index (κ1) is 12.0. The molecule has 0 unspecified atom stereocenters. The van der Waals surface area contributed by atoms with Gasteiger partial charge in [-0.2, -0.15) is 0 Å². The molecular weight excluding hydrogens is 174 g/mol. The number of likely N-dealkylation sites (tertiary alicyclic amines) is 1. The highest BCUT2D eigenvalue weighted by molar-refractivity contribution is 4.96. The molecule has 0 spiro atoms. The van der Waals surface area contributed by atoms with Crippen LogP contribution in [0, 0.1) is 5.41 Å². The Hall–Kier alpha value is -0.0800. The Labute approximate surface area is 88.6 Å². The molecule has 2 nitrogen and oxygen atoms in total. The number of nitrogens with zero attached hydrogens (tertiary/aromatic N) is 1. The molecule has 1 rings (SSSR count). The summed E-state index contributed by atoms with van der Waals surface area (Å²) in [5.41, 5.74) is 0.307. The highest BCUT2D eigenvalue weighted by atomic mass is 16.5. The van der Waals surface area contributed by atoms with Crippen LogP contribution in [0.4, 0.5) is 0 Å². The molecule has 1 saturated heterocycles. The summed E-state index contributed by atoms with van der Waals surface area (Å²) >= 11 is 0. The number of ether oxygens (including phenoxy) is 1. The Morgan fingerprint density at radius 3 is 2.21 bits per heavy atom. The van der Waals surface area contributed by atoms with Crippen molar-refractivity contribution in [2.75, 3.05) is 13.7 Å². The molecule has 0 aromatic rings. The van der Waals surface area contributed by atoms with E-state index in [1.165, 1.54) is 13.0 Å². The Bertz CT molecular complexity index is 183. The number of hydrogen-bond donors (Lipinski definition) is 0. The monoisotopic (exact) mass is 199 g/mol. The van der Waals surface area contributed by atoms with Crippen molar-refractivity contribution >= 4 is 0 Å². The van der Waals surface area contributed by atoms with Gasteiger partial charge in [-0.25, -0.2) is 0 Å². The molecule has 1 aliphatic heterocycles. The topological polar surface area (TPSA) is 12.5 Å². The third-order valence-electron chi connectivity index (χ3n) is 3.23. The van der Waals surface area contributed by atoms with E-state index in [0.29, 0.717) is 23.6 Å². The van der Waals surface area contributed by atoms with E-state index in [-0.39, 0.29) is 0 Å². The standard InChI is InChI=1S/C12H25NO/c1-9(2)13-8-7-10(14-6)11(13)12(3,4)5/h9-11H,7-8H2,1-6H3/t10-,11+/m1/s1. The van der Waals surface area contributed by atoms with Crippen molar-refractivity contribution in [1.82, 2.24) is 4.90 Å². The summed E-state index contributed by atoms with van der Waals surface area (Å²) in [6.45, 7) is 12.7. The van der Waals surface area contributed by atoms with Crippen LogP contribution < -0.4 is 0 Å². The van der Waals surface area contributed by atoms with Gasteiger partial charge in [0.25, 0.3) is 0 Å². The van der Waals surface area contributed by atoms with Gasteiger partial charge < -0.3 is 4.74 Å². The van der Waals surface area contributed by atoms with Gasteiger partial charge in [0.2, 0.25) is 0 Å². The van der Waals surface area contributed by atoms with Crippen molar-refractivity contribution in [1.29, 1.82) is 0 Å². The Morgan fingerprint density at radius 2 is 1.86 bits per heavy atom. The van der Waals surface area contributed by atoms with Gasteiger partial charge in [0, 0.05) is 25.7 Å². The lowest BCUT2D eigenvalue weighted by atomic mass is 9.83. The zero-order valence-electron chi connectivity index (χ0n) is 10.5. The lowest BCUT2D eigenvalue weighted by molar-refractivity contribution is 0.00573. The van der Waals surface area contributed by atoms with E-state index in [4.69, 9.17) is 4.74 Å². The highest BCUT2D eigenvalue weighted by Crippen LogP contribution is 2.35. The summed E-state index contributed by atoms with van der Waals surface area (Å²) in [6, 6.07) is 1.19. The van der Waals surface area contributed by atoms with Crippen LogP contribution in [0.3, 0.4) is 0 Å². The molecule has 1 aliphatic rings. The smallest absolute Gasteiger partial charge is 0.0743 e. The SMILES string of the molecule is CO[C@@H]1CCN(C(C)C)[C@@H]1C(C)(C)C. The zero-order valence-corrected chi connectivity index (χ0v) is 10.5. The fourth-order valence-electron chi connectivity index (χ4n) is 2.67. The molecule has 0 N–H and O–H groups in total. The highest BCUT2D eigenvalue weighted by Gasteiger charge is 2.42. The summed E-state index contributed by atoms with van der Waals surface area (Å²) in [7, 11) is 1.84. The second-order valence-corrected chi connectivity index (χ2v) is 5.71. The fraction of sp³-hybridized carbons (Fsp3) is 1.00. The van der Waals surface area contributed by atoms with Crippen molar-refractivity contribution in [3.63, 3.8) is 0 Å². The van der Waals surface area contributed by atoms with Crippen molar-refractivity contribution in [3.8, 4) is 0 Å². The van der Waals surface area contributed by atoms with Gasteiger partial charge in [-0.15, -0.1) is 0 Å². The van der Waals surface area contributed by atoms with Crippen LogP contribution in [0.2, 0.25) is 0 Å². The summed E-state index contributed by atoms with van der Waals surface area (Å²) in [5, 5.41) is 0. The molecule has 0 saturated carbocycles. The van der Waals surface area contributed by atoms with Crippen LogP contribution in [-0.2, 0) is 4.74 Å². The number of methoxy groups -OCH3 is 1. The van der Waals surface area contributed by atoms with Gasteiger partial charge in [-0.3, -0.25) is 4.90 Å². The normalized spacial score (nSPS) is 30.2. The van der Waals surface area contributed by atoms with E-state index in [2.05, 4.69) is 39.5 Å². The average molecular weight is 199 g/mol. The maximum absolute atomic E-state index is 5.59. The quantitative estimate of drug-likeness (QED) is 0.677. The molecule has 14 heavy (non-hydrogen) atoms. The second kappa shape index (κ2) is 4.19. The third-order valence-corrected chi connectivity index (χ3v) is 3.23. The largest absolute Gasteiger partial charge is 0.380 e. The minimum absolute atomic E-state index is 0.307. The first-order valence-corrected chi connectivity index (χ1v) is 5.66. The van der Waals surface area contributed by atoms with Gasteiger partial charge in [-0.05, 0) is 25.7 Å². The average Bonchev–Trinajstić information content (AvgIpc) is 2.45. The van der Waals surface area contributed by atoms with Crippen LogP contribution in [0.25, 0.3) is 0 Å². The van der Waals surface area contributed by atoms with Crippen molar-refractivity contribution in [3.05, 3.63) is 0 Å². The van der Waals surface area contributed by atoms with Gasteiger partial charge >= 0.3 is 0 Å². The molecule has 1 heterocycles. The Kier molecular flexibility index (Phi) is 3.59. The summed E-state index contributed by atoms with van der Waals surface area (Å²) in [4.78, 5) is 2.58. The second-order valence-electron chi connectivity index (χ2n) is 5.71. The van der Waals surface area contributed by atoms with Gasteiger partial charge in [0.05, 0.1) is 6.10 Å². The van der Waals surface area contributed by atoms with Crippen LogP contribution in [0.1, 0.15) is 41.0 Å². The first-order chi connectivity index (χ1) is 6.38. The van der Waals surface area contributed by atoms with E-state index in [0.717, 1.165) is 0 Å². The molecule has 84 valence electrons. The fourth-order valence-corrected chi connectivity index (χ4v) is 2.67. The maximum Gasteiger partial charge on any atom is 0.0743 e. The molecule has 0 aliphatic carbocycles. The number of hydrogen-bond acceptors (Lipinski definition) is 2. The molecule has 2 heteroatoms. The van der Waals surface area contributed by atoms with E-state index < -0.39 is 0 Å². The predicted octanol–water partition coefficient (Wildman–Crippen LogP) is 2.53. The molecule has 1 fully saturated rings. The molecule has 0 aromatic heterocycles. The van der Waals surface area contributed by atoms with Crippen LogP contribution in [-0.4, -0.2) is 36.7 Å². The minimum atomic E-state index is 0.307. The molecule has 0 bridgehead atoms. The maximum atomic E-state index is 5.59. The van der Waals surface area contributed by atoms with E-state index >= 15 is 0 Å². The lowest BCUT2D eigenvalue weighted by Gasteiger charge is -2.39. The van der Waals surface area contributed by atoms with Crippen LogP contribution in [0.5, 0.6) is 0 Å². The van der Waals surface area contributed by atoms with Gasteiger partial charge in [-0.1, -0.05) is 20.8 Å². The molecule has 2 atom stereocenters. The zero-order chi connectivity index (χ0) is 10.9. The van der Waals surface area contributed by atoms with Crippen LogP contribution >= 0.6 is 0 Å². The van der Waals surface area contributed by atoms with Gasteiger partial charge in [0.15, 0.2) is 0 Å². The number of rotatable bonds is 2. The molecule has 0 aromatic carbocycles. The lowest BCUT2D eigenvalue weighted by Crippen LogP contribution is -2.48. The first-order valence-electron chi connectivity index (χ1n) is 5.66. The summed E-state index contributed by atoms with van der Waals surface area (Å²) in [6.07, 6.45) is 1.59. The molecular formula is C12H25NO. The van der Waals surface area contributed by atoms with E-state index in [1.807, 2.05) is 7.11 Å². The third kappa shape index (κ3) is 2.29. The van der Waals surface area contributed by atoms with Crippen molar-refractivity contribution < 1.29 is 4.74 Å². The summed E-state index contributed by atoms with van der Waals surface area (Å²) < 4.78 is 5.59. The summed E-state index contributed by atoms with van der Waals surface area (Å²) in [5.74, 6) is 0. The minimum Gasteiger partial charge on any atom is -0.380 e. The Balaban J connectivity index is 2.81. The molecule has 0 radical (unpaired) electrons.